The van der Waals surface area contributed by atoms with E-state index in [1.165, 1.54) is 4.68 Å². The number of hydrogen-bond donors (Lipinski definition) is 1. The van der Waals surface area contributed by atoms with Crippen LogP contribution in [0.1, 0.15) is 20.3 Å². The minimum Gasteiger partial charge on any atom is -0.352 e. The van der Waals surface area contributed by atoms with Crippen LogP contribution in [0.3, 0.4) is 0 Å². The van der Waals surface area contributed by atoms with Crippen LogP contribution in [0, 0.1) is 0 Å². The average Bonchev–Trinajstić information content (AvgIpc) is 2.84. The first-order chi connectivity index (χ1) is 11.0. The maximum Gasteiger partial charge on any atom is 0.291 e. The zero-order valence-electron chi connectivity index (χ0n) is 13.5. The van der Waals surface area contributed by atoms with Gasteiger partial charge in [0.15, 0.2) is 0 Å². The lowest BCUT2D eigenvalue weighted by atomic mass is 10.2. The number of carbonyl (C=O) groups excluding carboxylic acids is 1. The SMILES string of the molecule is CCC(C)NC(=O)Cn1ncc2c3ccccc3n(C)c2c1=O. The fourth-order valence-electron chi connectivity index (χ4n) is 2.79. The number of para-hydroxylation sites is 1. The number of amides is 1. The van der Waals surface area contributed by atoms with Crippen LogP contribution in [-0.2, 0) is 18.4 Å². The standard InChI is InChI=1S/C17H20N4O2/c1-4-11(2)19-15(22)10-21-17(23)16-13(9-18-21)12-7-5-6-8-14(12)20(16)3/h5-9,11H,4,10H2,1-3H3,(H,19,22). The summed E-state index contributed by atoms with van der Waals surface area (Å²) in [6.07, 6.45) is 2.51. The average molecular weight is 312 g/mol. The van der Waals surface area contributed by atoms with Crippen LogP contribution in [0.15, 0.2) is 35.3 Å². The molecule has 3 rings (SSSR count). The fourth-order valence-corrected chi connectivity index (χ4v) is 2.79. The van der Waals surface area contributed by atoms with Gasteiger partial charge in [-0.3, -0.25) is 9.59 Å². The van der Waals surface area contributed by atoms with E-state index in [-0.39, 0.29) is 24.1 Å². The highest BCUT2D eigenvalue weighted by molar-refractivity contribution is 6.07. The second-order valence-corrected chi connectivity index (χ2v) is 5.82. The molecule has 0 bridgehead atoms. The number of carbonyl (C=O) groups is 1. The van der Waals surface area contributed by atoms with Crippen LogP contribution >= 0.6 is 0 Å². The van der Waals surface area contributed by atoms with Crippen molar-refractivity contribution in [1.82, 2.24) is 19.7 Å². The van der Waals surface area contributed by atoms with Gasteiger partial charge in [-0.15, -0.1) is 0 Å². The van der Waals surface area contributed by atoms with E-state index in [1.807, 2.05) is 49.7 Å². The van der Waals surface area contributed by atoms with Crippen LogP contribution in [0.5, 0.6) is 0 Å². The van der Waals surface area contributed by atoms with Crippen molar-refractivity contribution < 1.29 is 4.79 Å². The second kappa shape index (κ2) is 5.87. The van der Waals surface area contributed by atoms with Gasteiger partial charge >= 0.3 is 0 Å². The Morgan fingerprint density at radius 2 is 2.04 bits per heavy atom. The Kier molecular flexibility index (Phi) is 3.90. The molecule has 23 heavy (non-hydrogen) atoms. The lowest BCUT2D eigenvalue weighted by Gasteiger charge is -2.11. The second-order valence-electron chi connectivity index (χ2n) is 5.82. The molecule has 6 heteroatoms. The van der Waals surface area contributed by atoms with E-state index in [0.29, 0.717) is 5.52 Å². The van der Waals surface area contributed by atoms with Gasteiger partial charge in [0.2, 0.25) is 5.91 Å². The van der Waals surface area contributed by atoms with E-state index in [2.05, 4.69) is 10.4 Å². The summed E-state index contributed by atoms with van der Waals surface area (Å²) in [5, 5.41) is 8.83. The molecule has 120 valence electrons. The smallest absolute Gasteiger partial charge is 0.291 e. The predicted octanol–water partition coefficient (Wildman–Crippen LogP) is 1.80. The number of fused-ring (bicyclic) bond motifs is 3. The summed E-state index contributed by atoms with van der Waals surface area (Å²) in [5.41, 5.74) is 1.29. The Morgan fingerprint density at radius 3 is 2.78 bits per heavy atom. The molecule has 3 aromatic rings. The van der Waals surface area contributed by atoms with Gasteiger partial charge in [0, 0.05) is 29.4 Å². The Labute approximate surface area is 133 Å². The van der Waals surface area contributed by atoms with Crippen molar-refractivity contribution in [3.8, 4) is 0 Å². The first-order valence-electron chi connectivity index (χ1n) is 7.75. The molecule has 1 amide bonds. The van der Waals surface area contributed by atoms with E-state index >= 15 is 0 Å². The zero-order chi connectivity index (χ0) is 16.6. The first-order valence-corrected chi connectivity index (χ1v) is 7.75. The van der Waals surface area contributed by atoms with Crippen molar-refractivity contribution in [3.63, 3.8) is 0 Å². The molecule has 0 spiro atoms. The number of nitrogens with zero attached hydrogens (tertiary/aromatic N) is 3. The molecule has 0 radical (unpaired) electrons. The molecular formula is C17H20N4O2. The van der Waals surface area contributed by atoms with E-state index in [4.69, 9.17) is 0 Å². The first kappa shape index (κ1) is 15.3. The van der Waals surface area contributed by atoms with Gasteiger partial charge in [0.25, 0.3) is 5.56 Å². The molecule has 2 heterocycles. The largest absolute Gasteiger partial charge is 0.352 e. The Hall–Kier alpha value is -2.63. The molecule has 0 aliphatic rings. The molecular weight excluding hydrogens is 292 g/mol. The summed E-state index contributed by atoms with van der Waals surface area (Å²) >= 11 is 0. The van der Waals surface area contributed by atoms with Gasteiger partial charge in [0.05, 0.1) is 6.20 Å². The summed E-state index contributed by atoms with van der Waals surface area (Å²) in [6, 6.07) is 7.90. The third-order valence-corrected chi connectivity index (χ3v) is 4.22. The molecule has 0 saturated heterocycles. The molecule has 0 fully saturated rings. The maximum absolute atomic E-state index is 12.7. The monoisotopic (exact) mass is 312 g/mol. The normalized spacial score (nSPS) is 12.7. The van der Waals surface area contributed by atoms with Gasteiger partial charge in [-0.2, -0.15) is 5.10 Å². The summed E-state index contributed by atoms with van der Waals surface area (Å²) in [7, 11) is 1.86. The van der Waals surface area contributed by atoms with E-state index in [1.54, 1.807) is 6.20 Å². The van der Waals surface area contributed by atoms with Crippen molar-refractivity contribution in [3.05, 3.63) is 40.8 Å². The number of aryl methyl sites for hydroxylation is 1. The highest BCUT2D eigenvalue weighted by atomic mass is 16.2. The molecule has 1 N–H and O–H groups in total. The maximum atomic E-state index is 12.7. The van der Waals surface area contributed by atoms with Gasteiger partial charge in [-0.05, 0) is 19.4 Å². The number of nitrogens with one attached hydrogen (secondary N) is 1. The lowest BCUT2D eigenvalue weighted by Crippen LogP contribution is -2.38. The Bertz CT molecular complexity index is 939. The molecule has 1 aromatic carbocycles. The minimum atomic E-state index is -0.250. The van der Waals surface area contributed by atoms with Gasteiger partial charge in [0.1, 0.15) is 12.1 Å². The van der Waals surface area contributed by atoms with Crippen molar-refractivity contribution in [2.75, 3.05) is 0 Å². The highest BCUT2D eigenvalue weighted by Gasteiger charge is 2.15. The van der Waals surface area contributed by atoms with Crippen LogP contribution < -0.4 is 10.9 Å². The number of hydrogen-bond acceptors (Lipinski definition) is 3. The van der Waals surface area contributed by atoms with E-state index in [0.717, 1.165) is 22.7 Å². The summed E-state index contributed by atoms with van der Waals surface area (Å²) < 4.78 is 3.08. The number of aromatic nitrogens is 3. The van der Waals surface area contributed by atoms with E-state index in [9.17, 15) is 9.59 Å². The molecule has 0 aliphatic heterocycles. The van der Waals surface area contributed by atoms with E-state index < -0.39 is 0 Å². The number of benzene rings is 1. The fraction of sp³-hybridized carbons (Fsp3) is 0.353. The molecule has 0 aliphatic carbocycles. The summed E-state index contributed by atoms with van der Waals surface area (Å²) in [5.74, 6) is -0.202. The zero-order valence-corrected chi connectivity index (χ0v) is 13.5. The quantitative estimate of drug-likeness (QED) is 0.799. The third-order valence-electron chi connectivity index (χ3n) is 4.22. The van der Waals surface area contributed by atoms with Crippen LogP contribution in [0.2, 0.25) is 0 Å². The predicted molar refractivity (Wildman–Crippen MR) is 90.4 cm³/mol. The summed E-state index contributed by atoms with van der Waals surface area (Å²) in [6.45, 7) is 3.86. The molecule has 2 aromatic heterocycles. The van der Waals surface area contributed by atoms with Gasteiger partial charge in [-0.25, -0.2) is 4.68 Å². The van der Waals surface area contributed by atoms with Crippen LogP contribution in [0.25, 0.3) is 21.8 Å². The highest BCUT2D eigenvalue weighted by Crippen LogP contribution is 2.24. The van der Waals surface area contributed by atoms with Gasteiger partial charge in [-0.1, -0.05) is 25.1 Å². The van der Waals surface area contributed by atoms with Crippen molar-refractivity contribution in [2.45, 2.75) is 32.9 Å². The molecule has 1 unspecified atom stereocenters. The summed E-state index contributed by atoms with van der Waals surface area (Å²) in [4.78, 5) is 24.7. The van der Waals surface area contributed by atoms with Crippen LogP contribution in [0.4, 0.5) is 0 Å². The van der Waals surface area contributed by atoms with Crippen LogP contribution in [-0.4, -0.2) is 26.3 Å². The van der Waals surface area contributed by atoms with Crippen molar-refractivity contribution in [1.29, 1.82) is 0 Å². The Balaban J connectivity index is 2.06. The van der Waals surface area contributed by atoms with Crippen molar-refractivity contribution in [2.24, 2.45) is 7.05 Å². The molecule has 1 atom stereocenters. The number of rotatable bonds is 4. The molecule has 0 saturated carbocycles. The van der Waals surface area contributed by atoms with Crippen molar-refractivity contribution >= 4 is 27.7 Å². The Morgan fingerprint density at radius 1 is 1.30 bits per heavy atom. The topological polar surface area (TPSA) is 68.9 Å². The third kappa shape index (κ3) is 2.60. The minimum absolute atomic E-state index is 0.0688. The molecule has 6 nitrogen and oxygen atoms in total. The lowest BCUT2D eigenvalue weighted by molar-refractivity contribution is -0.122. The van der Waals surface area contributed by atoms with Gasteiger partial charge < -0.3 is 9.88 Å².